The van der Waals surface area contributed by atoms with E-state index in [1.54, 1.807) is 0 Å². The van der Waals surface area contributed by atoms with E-state index in [2.05, 4.69) is 252 Å². The molecule has 3 heteroatoms. The second-order valence-corrected chi connectivity index (χ2v) is 17.2. The highest BCUT2D eigenvalue weighted by Gasteiger charge is 2.22. The zero-order chi connectivity index (χ0) is 44.3. The number of hydrogen-bond donors (Lipinski definition) is 0. The molecule has 67 heavy (non-hydrogen) atoms. The maximum absolute atomic E-state index is 6.31. The second-order valence-electron chi connectivity index (χ2n) is 17.2. The highest BCUT2D eigenvalue weighted by Crippen LogP contribution is 2.46. The van der Waals surface area contributed by atoms with E-state index in [0.717, 1.165) is 66.9 Å². The summed E-state index contributed by atoms with van der Waals surface area (Å²) in [4.78, 5) is 2.42. The van der Waals surface area contributed by atoms with Gasteiger partial charge in [-0.05, 0) is 105 Å². The quantitative estimate of drug-likeness (QED) is 0.152. The topological polar surface area (TPSA) is 21.3 Å². The Morgan fingerprint density at radius 2 is 0.821 bits per heavy atom. The summed E-state index contributed by atoms with van der Waals surface area (Å²) in [6.07, 6.45) is 0. The van der Waals surface area contributed by atoms with Crippen molar-refractivity contribution in [2.24, 2.45) is 0 Å². The molecule has 0 aliphatic rings. The Morgan fingerprint density at radius 3 is 1.58 bits per heavy atom. The van der Waals surface area contributed by atoms with Gasteiger partial charge in [0.15, 0.2) is 0 Å². The highest BCUT2D eigenvalue weighted by molar-refractivity contribution is 6.15. The Bertz CT molecular complexity index is 3950. The molecule has 314 valence electrons. The Morgan fingerprint density at radius 1 is 0.313 bits per heavy atom. The molecule has 0 saturated heterocycles. The molecule has 0 aliphatic carbocycles. The van der Waals surface area contributed by atoms with Crippen molar-refractivity contribution in [3.63, 3.8) is 0 Å². The zero-order valence-electron chi connectivity index (χ0n) is 36.6. The van der Waals surface area contributed by atoms with Crippen molar-refractivity contribution < 1.29 is 4.42 Å². The van der Waals surface area contributed by atoms with Gasteiger partial charge in [0.1, 0.15) is 11.2 Å². The number of hydrogen-bond acceptors (Lipinski definition) is 2. The minimum atomic E-state index is 0.892. The number of benzene rings is 11. The summed E-state index contributed by atoms with van der Waals surface area (Å²) in [6, 6.07) is 91.9. The molecular formula is C64H42N2O. The average molecular weight is 855 g/mol. The molecule has 13 aromatic rings. The second kappa shape index (κ2) is 16.0. The lowest BCUT2D eigenvalue weighted by molar-refractivity contribution is 0.669. The predicted octanol–water partition coefficient (Wildman–Crippen LogP) is 18.0. The summed E-state index contributed by atoms with van der Waals surface area (Å²) >= 11 is 0. The van der Waals surface area contributed by atoms with Gasteiger partial charge in [-0.1, -0.05) is 194 Å². The molecule has 0 saturated carbocycles. The van der Waals surface area contributed by atoms with E-state index in [1.807, 2.05) is 12.1 Å². The number of nitrogens with zero attached hydrogens (tertiary/aromatic N) is 2. The van der Waals surface area contributed by atoms with E-state index in [4.69, 9.17) is 4.42 Å². The molecule has 0 fully saturated rings. The fraction of sp³-hybridized carbons (Fsp3) is 0. The molecule has 0 aliphatic heterocycles. The lowest BCUT2D eigenvalue weighted by atomic mass is 9.90. The van der Waals surface area contributed by atoms with Crippen molar-refractivity contribution in [2.45, 2.75) is 0 Å². The van der Waals surface area contributed by atoms with Crippen LogP contribution in [0.15, 0.2) is 259 Å². The van der Waals surface area contributed by atoms with Crippen LogP contribution >= 0.6 is 0 Å². The third-order valence-electron chi connectivity index (χ3n) is 13.4. The molecule has 0 spiro atoms. The van der Waals surface area contributed by atoms with Crippen molar-refractivity contribution in [3.05, 3.63) is 255 Å². The Kier molecular flexibility index (Phi) is 9.17. The molecule has 2 heterocycles. The van der Waals surface area contributed by atoms with Crippen LogP contribution in [0, 0.1) is 0 Å². The maximum Gasteiger partial charge on any atom is 0.136 e. The van der Waals surface area contributed by atoms with Crippen molar-refractivity contribution in [1.29, 1.82) is 0 Å². The molecule has 0 unspecified atom stereocenters. The Hall–Kier alpha value is -8.92. The van der Waals surface area contributed by atoms with Gasteiger partial charge in [-0.15, -0.1) is 0 Å². The van der Waals surface area contributed by atoms with Crippen molar-refractivity contribution in [2.75, 3.05) is 4.90 Å². The predicted molar refractivity (Wildman–Crippen MR) is 282 cm³/mol. The maximum atomic E-state index is 6.31. The highest BCUT2D eigenvalue weighted by atomic mass is 16.3. The summed E-state index contributed by atoms with van der Waals surface area (Å²) in [7, 11) is 0. The van der Waals surface area contributed by atoms with Crippen molar-refractivity contribution in [1.82, 2.24) is 4.57 Å². The van der Waals surface area contributed by atoms with Gasteiger partial charge < -0.3 is 13.9 Å². The first-order chi connectivity index (χ1) is 33.3. The van der Waals surface area contributed by atoms with E-state index < -0.39 is 0 Å². The Balaban J connectivity index is 0.996. The monoisotopic (exact) mass is 854 g/mol. The van der Waals surface area contributed by atoms with Gasteiger partial charge in [0.25, 0.3) is 0 Å². The zero-order valence-corrected chi connectivity index (χ0v) is 36.6. The molecule has 3 nitrogen and oxygen atoms in total. The summed E-state index contributed by atoms with van der Waals surface area (Å²) in [5.74, 6) is 0. The van der Waals surface area contributed by atoms with Gasteiger partial charge in [0, 0.05) is 49.7 Å². The first kappa shape index (κ1) is 38.5. The van der Waals surface area contributed by atoms with Crippen LogP contribution in [-0.2, 0) is 0 Å². The van der Waals surface area contributed by atoms with Crippen molar-refractivity contribution >= 4 is 71.6 Å². The fourth-order valence-electron chi connectivity index (χ4n) is 10.4. The molecule has 11 aromatic carbocycles. The molecule has 0 atom stereocenters. The van der Waals surface area contributed by atoms with Crippen LogP contribution in [0.2, 0.25) is 0 Å². The van der Waals surface area contributed by atoms with Gasteiger partial charge in [-0.3, -0.25) is 0 Å². The lowest BCUT2D eigenvalue weighted by Crippen LogP contribution is -2.11. The van der Waals surface area contributed by atoms with Gasteiger partial charge in [-0.2, -0.15) is 0 Å². The van der Waals surface area contributed by atoms with E-state index in [0.29, 0.717) is 0 Å². The van der Waals surface area contributed by atoms with Crippen LogP contribution in [-0.4, -0.2) is 4.57 Å². The third-order valence-corrected chi connectivity index (χ3v) is 13.4. The number of furan rings is 1. The molecule has 0 N–H and O–H groups in total. The molecule has 2 aromatic heterocycles. The summed E-state index contributed by atoms with van der Waals surface area (Å²) < 4.78 is 8.73. The van der Waals surface area contributed by atoms with E-state index in [-0.39, 0.29) is 0 Å². The number of anilines is 3. The summed E-state index contributed by atoms with van der Waals surface area (Å²) in [5.41, 5.74) is 17.9. The van der Waals surface area contributed by atoms with Crippen molar-refractivity contribution in [3.8, 4) is 50.2 Å². The normalized spacial score (nSPS) is 11.6. The number of aromatic nitrogens is 1. The average Bonchev–Trinajstić information content (AvgIpc) is 3.96. The largest absolute Gasteiger partial charge is 0.456 e. The van der Waals surface area contributed by atoms with E-state index in [9.17, 15) is 0 Å². The standard InChI is InChI=1S/C64H42N2O/c1-3-17-43(18-4-1)50-26-13-19-46-20-14-29-55(62(46)50)53-23-7-10-31-58(53)65(48-39-35-44(36-40-48)51-27-16-34-61-63(51)57-25-9-12-33-60(57)67-61)49-41-37-45(38-42-49)52-28-15-30-56-54-24-8-11-32-59(54)66(64(52)56)47-21-5-2-6-22-47/h1-42H. The van der Waals surface area contributed by atoms with Gasteiger partial charge >= 0.3 is 0 Å². The minimum Gasteiger partial charge on any atom is -0.456 e. The molecular weight excluding hydrogens is 813 g/mol. The first-order valence-corrected chi connectivity index (χ1v) is 22.9. The molecule has 0 amide bonds. The van der Waals surface area contributed by atoms with Crippen LogP contribution in [0.25, 0.3) is 105 Å². The van der Waals surface area contributed by atoms with Gasteiger partial charge in [0.2, 0.25) is 0 Å². The summed E-state index contributed by atoms with van der Waals surface area (Å²) in [5, 5.41) is 7.18. The van der Waals surface area contributed by atoms with Crippen LogP contribution in [0.5, 0.6) is 0 Å². The third kappa shape index (κ3) is 6.43. The minimum absolute atomic E-state index is 0.892. The molecule has 0 bridgehead atoms. The number of fused-ring (bicyclic) bond motifs is 7. The smallest absolute Gasteiger partial charge is 0.136 e. The van der Waals surface area contributed by atoms with Crippen LogP contribution in [0.4, 0.5) is 17.1 Å². The SMILES string of the molecule is c1ccc(-c2cccc3cccc(-c4ccccc4N(c4ccc(-c5cccc6oc7ccccc7c56)cc4)c4ccc(-c5cccc6c7ccccc7n(-c7ccccc7)c56)cc4)c23)cc1. The fourth-order valence-corrected chi connectivity index (χ4v) is 10.4. The van der Waals surface area contributed by atoms with E-state index in [1.165, 1.54) is 54.8 Å². The van der Waals surface area contributed by atoms with E-state index >= 15 is 0 Å². The van der Waals surface area contributed by atoms with Crippen LogP contribution in [0.1, 0.15) is 0 Å². The summed E-state index contributed by atoms with van der Waals surface area (Å²) in [6.45, 7) is 0. The van der Waals surface area contributed by atoms with Gasteiger partial charge in [-0.25, -0.2) is 0 Å². The van der Waals surface area contributed by atoms with Crippen LogP contribution in [0.3, 0.4) is 0 Å². The lowest BCUT2D eigenvalue weighted by Gasteiger charge is -2.29. The first-order valence-electron chi connectivity index (χ1n) is 22.9. The Labute approximate surface area is 388 Å². The molecule has 0 radical (unpaired) electrons. The number of para-hydroxylation sites is 5. The van der Waals surface area contributed by atoms with Gasteiger partial charge in [0.05, 0.1) is 16.7 Å². The molecule has 13 rings (SSSR count). The number of rotatable bonds is 8. The van der Waals surface area contributed by atoms with Crippen LogP contribution < -0.4 is 4.90 Å².